The molecule has 0 aromatic rings. The molecule has 1 aliphatic carbocycles. The van der Waals surface area contributed by atoms with Gasteiger partial charge in [-0.05, 0) is 38.3 Å². The topological polar surface area (TPSA) is 29.3 Å². The van der Waals surface area contributed by atoms with Gasteiger partial charge in [0.1, 0.15) is 0 Å². The fraction of sp³-hybridized carbons (Fsp3) is 1.00. The van der Waals surface area contributed by atoms with Gasteiger partial charge in [0.2, 0.25) is 0 Å². The van der Waals surface area contributed by atoms with E-state index < -0.39 is 0 Å². The molecule has 2 nitrogen and oxygen atoms in total. The van der Waals surface area contributed by atoms with Crippen LogP contribution in [0, 0.1) is 5.92 Å². The van der Waals surface area contributed by atoms with E-state index in [0.717, 1.165) is 19.0 Å². The molecule has 1 saturated carbocycles. The lowest BCUT2D eigenvalue weighted by atomic mass is 9.84. The molecule has 1 aliphatic rings. The lowest BCUT2D eigenvalue weighted by Crippen LogP contribution is -2.43. The van der Waals surface area contributed by atoms with E-state index in [2.05, 4.69) is 18.7 Å². The molecule has 96 valence electrons. The predicted octanol–water partition coefficient (Wildman–Crippen LogP) is 3.02. The van der Waals surface area contributed by atoms with Crippen LogP contribution < -0.4 is 5.73 Å². The summed E-state index contributed by atoms with van der Waals surface area (Å²) in [5, 5.41) is 0. The maximum atomic E-state index is 6.35. The van der Waals surface area contributed by atoms with Crippen LogP contribution in [0.2, 0.25) is 0 Å². The van der Waals surface area contributed by atoms with Crippen molar-refractivity contribution in [3.8, 4) is 0 Å². The molecule has 2 N–H and O–H groups in total. The minimum Gasteiger partial charge on any atom is -0.326 e. The Morgan fingerprint density at radius 3 is 2.44 bits per heavy atom. The molecule has 0 aromatic carbocycles. The number of likely N-dealkylation sites (N-methyl/N-ethyl adjacent to an activating group) is 1. The van der Waals surface area contributed by atoms with Gasteiger partial charge in [-0.3, -0.25) is 0 Å². The lowest BCUT2D eigenvalue weighted by Gasteiger charge is -2.31. The van der Waals surface area contributed by atoms with Crippen molar-refractivity contribution >= 4 is 0 Å². The van der Waals surface area contributed by atoms with Gasteiger partial charge in [0.25, 0.3) is 0 Å². The molecule has 0 bridgehead atoms. The van der Waals surface area contributed by atoms with Gasteiger partial charge < -0.3 is 10.6 Å². The molecule has 1 atom stereocenters. The van der Waals surface area contributed by atoms with Crippen molar-refractivity contribution in [2.45, 2.75) is 64.8 Å². The van der Waals surface area contributed by atoms with Gasteiger partial charge >= 0.3 is 0 Å². The Morgan fingerprint density at radius 1 is 1.19 bits per heavy atom. The van der Waals surface area contributed by atoms with Gasteiger partial charge in [-0.1, -0.05) is 39.5 Å². The zero-order valence-electron chi connectivity index (χ0n) is 11.3. The van der Waals surface area contributed by atoms with Gasteiger partial charge in [0.05, 0.1) is 0 Å². The Labute approximate surface area is 102 Å². The highest BCUT2D eigenvalue weighted by atomic mass is 15.1. The van der Waals surface area contributed by atoms with Gasteiger partial charge in [-0.2, -0.15) is 0 Å². The van der Waals surface area contributed by atoms with Crippen LogP contribution in [-0.2, 0) is 0 Å². The average Bonchev–Trinajstić information content (AvgIpc) is 2.35. The minimum absolute atomic E-state index is 0.414. The van der Waals surface area contributed by atoms with E-state index >= 15 is 0 Å². The summed E-state index contributed by atoms with van der Waals surface area (Å²) in [6.45, 7) is 8.01. The van der Waals surface area contributed by atoms with Crippen molar-refractivity contribution in [3.05, 3.63) is 0 Å². The average molecular weight is 226 g/mol. The van der Waals surface area contributed by atoms with Crippen LogP contribution in [0.5, 0.6) is 0 Å². The quantitative estimate of drug-likeness (QED) is 0.723. The Kier molecular flexibility index (Phi) is 7.06. The van der Waals surface area contributed by atoms with Gasteiger partial charge in [0, 0.05) is 12.6 Å². The normalized spacial score (nSPS) is 20.2. The molecule has 0 radical (unpaired) electrons. The lowest BCUT2D eigenvalue weighted by molar-refractivity contribution is 0.211. The maximum Gasteiger partial charge on any atom is 0.0196 e. The van der Waals surface area contributed by atoms with E-state index in [1.54, 1.807) is 0 Å². The van der Waals surface area contributed by atoms with Crippen molar-refractivity contribution in [2.75, 3.05) is 19.6 Å². The maximum absolute atomic E-state index is 6.35. The second-order valence-corrected chi connectivity index (χ2v) is 5.31. The summed E-state index contributed by atoms with van der Waals surface area (Å²) in [4.78, 5) is 2.53. The molecule has 1 rings (SSSR count). The Balaban J connectivity index is 2.26. The molecule has 0 amide bonds. The van der Waals surface area contributed by atoms with Crippen molar-refractivity contribution in [1.82, 2.24) is 4.90 Å². The monoisotopic (exact) mass is 226 g/mol. The van der Waals surface area contributed by atoms with Crippen molar-refractivity contribution < 1.29 is 0 Å². The van der Waals surface area contributed by atoms with Crippen LogP contribution in [0.4, 0.5) is 0 Å². The fourth-order valence-corrected chi connectivity index (χ4v) is 2.77. The van der Waals surface area contributed by atoms with Crippen LogP contribution >= 0.6 is 0 Å². The summed E-state index contributed by atoms with van der Waals surface area (Å²) in [7, 11) is 0. The zero-order chi connectivity index (χ0) is 11.8. The SMILES string of the molecule is CCCCN(CC)CC(N)C1CCCCC1. The largest absolute Gasteiger partial charge is 0.326 e. The first kappa shape index (κ1) is 14.0. The summed E-state index contributed by atoms with van der Waals surface area (Å²) in [6.07, 6.45) is 9.56. The highest BCUT2D eigenvalue weighted by molar-refractivity contribution is 4.79. The number of rotatable bonds is 7. The van der Waals surface area contributed by atoms with E-state index in [9.17, 15) is 0 Å². The second-order valence-electron chi connectivity index (χ2n) is 5.31. The van der Waals surface area contributed by atoms with Crippen molar-refractivity contribution in [1.29, 1.82) is 0 Å². The molecule has 2 heteroatoms. The molecule has 1 unspecified atom stereocenters. The third kappa shape index (κ3) is 4.84. The molecule has 0 heterocycles. The smallest absolute Gasteiger partial charge is 0.0196 e. The standard InChI is InChI=1S/C14H30N2/c1-3-5-11-16(4-2)12-14(15)13-9-7-6-8-10-13/h13-14H,3-12,15H2,1-2H3. The number of hydrogen-bond acceptors (Lipinski definition) is 2. The summed E-state index contributed by atoms with van der Waals surface area (Å²) in [5.41, 5.74) is 6.35. The fourth-order valence-electron chi connectivity index (χ4n) is 2.77. The first-order chi connectivity index (χ1) is 7.77. The van der Waals surface area contributed by atoms with Gasteiger partial charge in [-0.25, -0.2) is 0 Å². The minimum atomic E-state index is 0.414. The van der Waals surface area contributed by atoms with E-state index in [1.165, 1.54) is 51.5 Å². The molecule has 0 aliphatic heterocycles. The third-order valence-corrected chi connectivity index (χ3v) is 4.00. The molecule has 16 heavy (non-hydrogen) atoms. The number of nitrogens with two attached hydrogens (primary N) is 1. The van der Waals surface area contributed by atoms with Gasteiger partial charge in [-0.15, -0.1) is 0 Å². The van der Waals surface area contributed by atoms with E-state index in [4.69, 9.17) is 5.73 Å². The summed E-state index contributed by atoms with van der Waals surface area (Å²) in [6, 6.07) is 0.414. The van der Waals surface area contributed by atoms with Gasteiger partial charge in [0.15, 0.2) is 0 Å². The van der Waals surface area contributed by atoms with Crippen LogP contribution in [0.1, 0.15) is 58.8 Å². The highest BCUT2D eigenvalue weighted by Gasteiger charge is 2.21. The highest BCUT2D eigenvalue weighted by Crippen LogP contribution is 2.25. The summed E-state index contributed by atoms with van der Waals surface area (Å²) >= 11 is 0. The van der Waals surface area contributed by atoms with Crippen LogP contribution in [0.3, 0.4) is 0 Å². The van der Waals surface area contributed by atoms with Crippen molar-refractivity contribution in [3.63, 3.8) is 0 Å². The Hall–Kier alpha value is -0.0800. The third-order valence-electron chi connectivity index (χ3n) is 4.00. The van der Waals surface area contributed by atoms with E-state index in [0.29, 0.717) is 6.04 Å². The molecule has 0 aromatic heterocycles. The van der Waals surface area contributed by atoms with Crippen LogP contribution in [0.15, 0.2) is 0 Å². The predicted molar refractivity (Wildman–Crippen MR) is 71.6 cm³/mol. The molecule has 0 spiro atoms. The van der Waals surface area contributed by atoms with E-state index in [1.807, 2.05) is 0 Å². The second kappa shape index (κ2) is 8.08. The Bertz CT molecular complexity index is 164. The first-order valence-electron chi connectivity index (χ1n) is 7.25. The van der Waals surface area contributed by atoms with Crippen LogP contribution in [0.25, 0.3) is 0 Å². The number of unbranched alkanes of at least 4 members (excludes halogenated alkanes) is 1. The number of hydrogen-bond donors (Lipinski definition) is 1. The first-order valence-corrected chi connectivity index (χ1v) is 7.25. The van der Waals surface area contributed by atoms with Crippen LogP contribution in [-0.4, -0.2) is 30.6 Å². The molecule has 1 fully saturated rings. The molecular formula is C14H30N2. The summed E-state index contributed by atoms with van der Waals surface area (Å²) < 4.78 is 0. The molecular weight excluding hydrogens is 196 g/mol. The van der Waals surface area contributed by atoms with E-state index in [-0.39, 0.29) is 0 Å². The summed E-state index contributed by atoms with van der Waals surface area (Å²) in [5.74, 6) is 0.796. The van der Waals surface area contributed by atoms with Crippen molar-refractivity contribution in [2.24, 2.45) is 11.7 Å². The number of nitrogens with zero attached hydrogens (tertiary/aromatic N) is 1. The zero-order valence-corrected chi connectivity index (χ0v) is 11.3. The Morgan fingerprint density at radius 2 is 1.88 bits per heavy atom. The molecule has 0 saturated heterocycles.